The van der Waals surface area contributed by atoms with Gasteiger partial charge in [-0.2, -0.15) is 4.40 Å². The zero-order valence-electron chi connectivity index (χ0n) is 13.5. The number of pyridine rings is 2. The van der Waals surface area contributed by atoms with Gasteiger partial charge in [-0.25, -0.2) is 4.57 Å². The molecule has 0 spiro atoms. The predicted octanol–water partition coefficient (Wildman–Crippen LogP) is 1.54. The van der Waals surface area contributed by atoms with E-state index in [9.17, 15) is 0 Å². The van der Waals surface area contributed by atoms with E-state index in [0.717, 1.165) is 23.4 Å². The van der Waals surface area contributed by atoms with Crippen LogP contribution >= 0.6 is 0 Å². The second-order valence-electron chi connectivity index (χ2n) is 5.01. The first-order valence-corrected chi connectivity index (χ1v) is 6.39. The van der Waals surface area contributed by atoms with E-state index >= 15 is 0 Å². The maximum atomic E-state index is 7.89. The zero-order chi connectivity index (χ0) is 15.8. The largest absolute Gasteiger partial charge is 0.303 e. The summed E-state index contributed by atoms with van der Waals surface area (Å²) in [6.07, 6.45) is 8.79. The Kier molecular flexibility index (Phi) is 1.27. The molecule has 0 aromatic carbocycles. The van der Waals surface area contributed by atoms with E-state index in [1.807, 2.05) is 28.9 Å². The molecule has 4 aromatic heterocycles. The van der Waals surface area contributed by atoms with Crippen LogP contribution in [0.25, 0.3) is 28.1 Å². The first-order valence-electron chi connectivity index (χ1n) is 7.89. The van der Waals surface area contributed by atoms with Crippen molar-refractivity contribution in [2.24, 2.45) is 6.98 Å². The van der Waals surface area contributed by atoms with E-state index in [4.69, 9.17) is 4.11 Å². The number of fused-ring (bicyclic) bond motifs is 7. The lowest BCUT2D eigenvalue weighted by Crippen LogP contribution is -2.29. The van der Waals surface area contributed by atoms with E-state index in [0.29, 0.717) is 11.2 Å². The average molecular weight is 265 g/mol. The van der Waals surface area contributed by atoms with Gasteiger partial charge in [0.15, 0.2) is 11.7 Å². The smallest absolute Gasteiger partial charge is 0.298 e. The van der Waals surface area contributed by atoms with Gasteiger partial charge in [-0.3, -0.25) is 9.97 Å². The fourth-order valence-electron chi connectivity index (χ4n) is 3.10. The van der Waals surface area contributed by atoms with Crippen molar-refractivity contribution in [3.8, 4) is 11.4 Å². The Labute approximate surface area is 119 Å². The number of imidazole rings is 2. The van der Waals surface area contributed by atoms with Crippen LogP contribution in [0.4, 0.5) is 0 Å². The van der Waals surface area contributed by atoms with Gasteiger partial charge in [-0.05, 0) is 6.07 Å². The van der Waals surface area contributed by atoms with E-state index in [2.05, 4.69) is 14.5 Å². The van der Waals surface area contributed by atoms with Gasteiger partial charge in [0.2, 0.25) is 5.65 Å². The lowest BCUT2D eigenvalue weighted by atomic mass is 10.2. The van der Waals surface area contributed by atoms with Crippen molar-refractivity contribution >= 4 is 16.7 Å². The molecule has 0 fully saturated rings. The number of nitrogens with zero attached hydrogens (tertiary/aromatic N) is 5. The van der Waals surface area contributed by atoms with E-state index in [1.54, 1.807) is 18.6 Å². The zero-order valence-corrected chi connectivity index (χ0v) is 10.5. The van der Waals surface area contributed by atoms with Gasteiger partial charge in [0.1, 0.15) is 12.1 Å². The fraction of sp³-hybridized carbons (Fsp3) is 0.133. The van der Waals surface area contributed by atoms with Crippen molar-refractivity contribution in [3.63, 3.8) is 0 Å². The minimum atomic E-state index is -2.27. The number of hydrogen-bond donors (Lipinski definition) is 0. The van der Waals surface area contributed by atoms with Crippen molar-refractivity contribution in [1.29, 1.82) is 0 Å². The van der Waals surface area contributed by atoms with Crippen molar-refractivity contribution in [2.75, 3.05) is 0 Å². The van der Waals surface area contributed by atoms with Crippen LogP contribution < -0.4 is 4.57 Å². The number of rotatable bonds is 0. The molecule has 20 heavy (non-hydrogen) atoms. The summed E-state index contributed by atoms with van der Waals surface area (Å²) in [5, 5.41) is 0. The van der Waals surface area contributed by atoms with Crippen LogP contribution in [0.5, 0.6) is 0 Å². The maximum Gasteiger partial charge on any atom is 0.298 e. The molecule has 0 unspecified atom stereocenters. The van der Waals surface area contributed by atoms with Gasteiger partial charge in [0, 0.05) is 41.3 Å². The van der Waals surface area contributed by atoms with Gasteiger partial charge in [-0.15, -0.1) is 0 Å². The molecule has 1 aliphatic rings. The van der Waals surface area contributed by atoms with Crippen LogP contribution in [0.3, 0.4) is 0 Å². The quantitative estimate of drug-likeness (QED) is 0.398. The topological polar surface area (TPSA) is 39.0 Å². The molecule has 5 rings (SSSR count). The third kappa shape index (κ3) is 1.02. The number of hydrogen-bond acceptors (Lipinski definition) is 2. The fourth-order valence-corrected chi connectivity index (χ4v) is 3.10. The Bertz CT molecular complexity index is 1090. The van der Waals surface area contributed by atoms with Crippen LogP contribution in [0.2, 0.25) is 0 Å². The Morgan fingerprint density at radius 3 is 3.05 bits per heavy atom. The third-order valence-electron chi connectivity index (χ3n) is 3.97. The molecule has 0 saturated carbocycles. The Hall–Kier alpha value is -2.69. The number of aromatic nitrogens is 5. The molecule has 0 amide bonds. The van der Waals surface area contributed by atoms with Gasteiger partial charge in [-0.1, -0.05) is 0 Å². The second-order valence-corrected chi connectivity index (χ2v) is 5.01. The van der Waals surface area contributed by atoms with E-state index in [1.165, 1.54) is 10.1 Å². The summed E-state index contributed by atoms with van der Waals surface area (Å²) >= 11 is 0. The van der Waals surface area contributed by atoms with Crippen LogP contribution in [-0.4, -0.2) is 18.9 Å². The van der Waals surface area contributed by atoms with Crippen molar-refractivity contribution in [2.45, 2.75) is 6.54 Å². The van der Waals surface area contributed by atoms with Gasteiger partial charge < -0.3 is 4.57 Å². The highest BCUT2D eigenvalue weighted by Crippen LogP contribution is 2.30. The summed E-state index contributed by atoms with van der Waals surface area (Å²) in [4.78, 5) is 8.32. The molecule has 0 aliphatic carbocycles. The van der Waals surface area contributed by atoms with E-state index in [-0.39, 0.29) is 0 Å². The highest BCUT2D eigenvalue weighted by Gasteiger charge is 2.32. The molecule has 4 aromatic rings. The standard InChI is InChI=1S/C15H12N5/c1-18-13-7-17-5-3-12(13)20-14(18)9-19-8-10-2-4-16-6-11(10)15(19)20/h2-7,9H,8H2,1H3/q+1/i1D3. The maximum absolute atomic E-state index is 7.89. The predicted molar refractivity (Wildman–Crippen MR) is 74.2 cm³/mol. The monoisotopic (exact) mass is 265 g/mol. The highest BCUT2D eigenvalue weighted by atomic mass is 15.2. The van der Waals surface area contributed by atoms with Gasteiger partial charge in [0.25, 0.3) is 5.82 Å². The molecule has 0 N–H and O–H groups in total. The van der Waals surface area contributed by atoms with Gasteiger partial charge in [0.05, 0.1) is 11.8 Å². The van der Waals surface area contributed by atoms with Crippen LogP contribution in [0.15, 0.2) is 43.1 Å². The van der Waals surface area contributed by atoms with Crippen LogP contribution in [0, 0.1) is 0 Å². The van der Waals surface area contributed by atoms with Crippen molar-refractivity contribution in [3.05, 3.63) is 48.7 Å². The summed E-state index contributed by atoms with van der Waals surface area (Å²) < 4.78 is 29.1. The summed E-state index contributed by atoms with van der Waals surface area (Å²) in [6.45, 7) is -1.54. The lowest BCUT2D eigenvalue weighted by Gasteiger charge is -1.92. The van der Waals surface area contributed by atoms with Crippen molar-refractivity contribution < 1.29 is 8.68 Å². The lowest BCUT2D eigenvalue weighted by molar-refractivity contribution is -0.670. The molecule has 5 nitrogen and oxygen atoms in total. The molecule has 5 heterocycles. The Balaban J connectivity index is 2.00. The van der Waals surface area contributed by atoms with Crippen LogP contribution in [0.1, 0.15) is 9.68 Å². The van der Waals surface area contributed by atoms with Crippen molar-refractivity contribution in [1.82, 2.24) is 18.9 Å². The molecule has 0 bridgehead atoms. The summed E-state index contributed by atoms with van der Waals surface area (Å²) in [5.74, 6) is 0.960. The Morgan fingerprint density at radius 2 is 2.10 bits per heavy atom. The summed E-state index contributed by atoms with van der Waals surface area (Å²) in [5.41, 5.74) is 4.29. The molecule has 1 aliphatic heterocycles. The summed E-state index contributed by atoms with van der Waals surface area (Å²) in [7, 11) is 0. The second kappa shape index (κ2) is 3.25. The first kappa shape index (κ1) is 7.79. The SMILES string of the molecule is [2H]C([2H])([2H])n1c2cnccc2n2c3[n+](cc12)Cc1ccncc1-3. The molecular weight excluding hydrogens is 250 g/mol. The molecular formula is C15H12N5+. The normalized spacial score (nSPS) is 15.9. The van der Waals surface area contributed by atoms with E-state index < -0.39 is 6.98 Å². The molecule has 5 heteroatoms. The Morgan fingerprint density at radius 1 is 1.20 bits per heavy atom. The molecule has 0 atom stereocenters. The molecule has 96 valence electrons. The average Bonchev–Trinajstić information content (AvgIpc) is 3.11. The highest BCUT2D eigenvalue weighted by molar-refractivity contribution is 5.83. The summed E-state index contributed by atoms with van der Waals surface area (Å²) in [6, 6.07) is 3.85. The number of aryl methyl sites for hydroxylation is 1. The molecule has 0 saturated heterocycles. The minimum absolute atomic E-state index is 0.600. The van der Waals surface area contributed by atoms with Gasteiger partial charge >= 0.3 is 0 Å². The molecule has 0 radical (unpaired) electrons. The third-order valence-corrected chi connectivity index (χ3v) is 3.97. The first-order chi connectivity index (χ1) is 11.1. The minimum Gasteiger partial charge on any atom is -0.303 e. The van der Waals surface area contributed by atoms with Crippen LogP contribution in [-0.2, 0) is 13.5 Å².